The van der Waals surface area contributed by atoms with Crippen LogP contribution in [0.25, 0.3) is 0 Å². The monoisotopic (exact) mass is 213 g/mol. The first-order chi connectivity index (χ1) is 6.89. The summed E-state index contributed by atoms with van der Waals surface area (Å²) < 4.78 is 9.30. The lowest BCUT2D eigenvalue weighted by atomic mass is 9.98. The zero-order valence-electron chi connectivity index (χ0n) is 8.64. The highest BCUT2D eigenvalue weighted by atomic mass is 16.6. The zero-order chi connectivity index (χ0) is 11.6. The van der Waals surface area contributed by atoms with Crippen molar-refractivity contribution in [1.29, 1.82) is 0 Å². The van der Waals surface area contributed by atoms with Gasteiger partial charge in [0.2, 0.25) is 11.3 Å². The lowest BCUT2D eigenvalue weighted by molar-refractivity contribution is -0.569. The van der Waals surface area contributed by atoms with Crippen molar-refractivity contribution in [3.05, 3.63) is 33.8 Å². The van der Waals surface area contributed by atoms with E-state index in [-0.39, 0.29) is 5.76 Å². The summed E-state index contributed by atoms with van der Waals surface area (Å²) >= 11 is 0. The highest BCUT2D eigenvalue weighted by Crippen LogP contribution is 2.25. The van der Waals surface area contributed by atoms with Gasteiger partial charge < -0.3 is 9.15 Å². The predicted octanol–water partition coefficient (Wildman–Crippen LogP) is 1.58. The van der Waals surface area contributed by atoms with Crippen molar-refractivity contribution in [1.82, 2.24) is 0 Å². The highest BCUT2D eigenvalue weighted by molar-refractivity contribution is 5.86. The van der Waals surface area contributed by atoms with Crippen molar-refractivity contribution in [3.8, 4) is 0 Å². The van der Waals surface area contributed by atoms with Crippen LogP contribution < -0.4 is 0 Å². The van der Waals surface area contributed by atoms with Gasteiger partial charge in [0.05, 0.1) is 12.7 Å². The number of ether oxygens (including phenoxy) is 1. The molecule has 6 heteroatoms. The number of esters is 1. The quantitative estimate of drug-likeness (QED) is 0.432. The van der Waals surface area contributed by atoms with E-state index in [4.69, 9.17) is 4.42 Å². The van der Waals surface area contributed by atoms with Gasteiger partial charge in [0.1, 0.15) is 6.26 Å². The Labute approximate surface area is 86.0 Å². The number of hydrogen-bond donors (Lipinski definition) is 0. The van der Waals surface area contributed by atoms with E-state index in [0.29, 0.717) is 5.56 Å². The molecule has 0 saturated heterocycles. The van der Waals surface area contributed by atoms with Crippen LogP contribution in [0.5, 0.6) is 0 Å². The molecule has 0 aliphatic heterocycles. The number of furan rings is 1. The van der Waals surface area contributed by atoms with Crippen molar-refractivity contribution in [3.63, 3.8) is 0 Å². The van der Waals surface area contributed by atoms with E-state index in [9.17, 15) is 14.9 Å². The van der Waals surface area contributed by atoms with Gasteiger partial charge in [0.25, 0.3) is 0 Å². The first-order valence-electron chi connectivity index (χ1n) is 4.21. The van der Waals surface area contributed by atoms with E-state index < -0.39 is 16.4 Å². The fourth-order valence-corrected chi connectivity index (χ4v) is 0.970. The summed E-state index contributed by atoms with van der Waals surface area (Å²) in [5.41, 5.74) is -0.955. The third kappa shape index (κ3) is 1.98. The van der Waals surface area contributed by atoms with Crippen molar-refractivity contribution in [2.45, 2.75) is 19.4 Å². The van der Waals surface area contributed by atoms with Gasteiger partial charge in [-0.3, -0.25) is 10.1 Å². The summed E-state index contributed by atoms with van der Waals surface area (Å²) in [6.45, 7) is 2.86. The Morgan fingerprint density at radius 2 is 2.20 bits per heavy atom. The van der Waals surface area contributed by atoms with E-state index >= 15 is 0 Å². The summed E-state index contributed by atoms with van der Waals surface area (Å²) in [5, 5.41) is 10.7. The molecular weight excluding hydrogens is 202 g/mol. The number of nitro groups is 1. The molecule has 0 radical (unpaired) electrons. The zero-order valence-corrected chi connectivity index (χ0v) is 8.64. The first kappa shape index (κ1) is 11.2. The third-order valence-corrected chi connectivity index (χ3v) is 2.15. The lowest BCUT2D eigenvalue weighted by Gasteiger charge is -2.12. The predicted molar refractivity (Wildman–Crippen MR) is 50.1 cm³/mol. The van der Waals surface area contributed by atoms with Crippen molar-refractivity contribution in [2.75, 3.05) is 7.11 Å². The molecule has 0 N–H and O–H groups in total. The van der Waals surface area contributed by atoms with Crippen LogP contribution in [0.1, 0.15) is 30.0 Å². The van der Waals surface area contributed by atoms with Gasteiger partial charge in [-0.25, -0.2) is 4.79 Å². The van der Waals surface area contributed by atoms with Crippen molar-refractivity contribution >= 4 is 5.97 Å². The number of carbonyl (C=O) groups is 1. The molecule has 1 aromatic heterocycles. The largest absolute Gasteiger partial charge is 0.463 e. The normalized spacial score (nSPS) is 11.1. The topological polar surface area (TPSA) is 82.6 Å². The fourth-order valence-electron chi connectivity index (χ4n) is 0.970. The van der Waals surface area contributed by atoms with Crippen LogP contribution in [-0.4, -0.2) is 18.0 Å². The molecule has 0 fully saturated rings. The fraction of sp³-hybridized carbons (Fsp3) is 0.444. The van der Waals surface area contributed by atoms with E-state index in [1.807, 2.05) is 0 Å². The van der Waals surface area contributed by atoms with Crippen LogP contribution in [0.3, 0.4) is 0 Å². The second kappa shape index (κ2) is 3.72. The molecule has 0 spiro atoms. The summed E-state index contributed by atoms with van der Waals surface area (Å²) in [5.74, 6) is -0.692. The lowest BCUT2D eigenvalue weighted by Crippen LogP contribution is -2.27. The van der Waals surface area contributed by atoms with E-state index in [1.54, 1.807) is 0 Å². The van der Waals surface area contributed by atoms with Gasteiger partial charge in [0, 0.05) is 24.8 Å². The molecule has 6 nitrogen and oxygen atoms in total. The van der Waals surface area contributed by atoms with Gasteiger partial charge in [-0.2, -0.15) is 0 Å². The Kier molecular flexibility index (Phi) is 2.78. The minimum absolute atomic E-state index is 0.0394. The average Bonchev–Trinajstić information content (AvgIpc) is 2.65. The molecule has 0 aliphatic carbocycles. The molecule has 0 bridgehead atoms. The van der Waals surface area contributed by atoms with Gasteiger partial charge in [-0.1, -0.05) is 0 Å². The van der Waals surface area contributed by atoms with E-state index in [2.05, 4.69) is 4.74 Å². The molecule has 0 aromatic carbocycles. The molecule has 0 saturated carbocycles. The van der Waals surface area contributed by atoms with Crippen LogP contribution in [0, 0.1) is 10.1 Å². The standard InChI is InChI=1S/C9H11NO5/c1-9(2,10(12)13)6-4-7(15-5-6)8(11)14-3/h4-5H,1-3H3. The second-order valence-corrected chi connectivity index (χ2v) is 3.51. The molecule has 15 heavy (non-hydrogen) atoms. The maximum absolute atomic E-state index is 11.0. The molecule has 82 valence electrons. The van der Waals surface area contributed by atoms with E-state index in [0.717, 1.165) is 0 Å². The van der Waals surface area contributed by atoms with Crippen molar-refractivity contribution < 1.29 is 18.9 Å². The molecule has 0 atom stereocenters. The molecule has 0 aliphatic rings. The first-order valence-corrected chi connectivity index (χ1v) is 4.21. The Morgan fingerprint density at radius 3 is 2.67 bits per heavy atom. The van der Waals surface area contributed by atoms with Crippen molar-refractivity contribution in [2.24, 2.45) is 0 Å². The van der Waals surface area contributed by atoms with Gasteiger partial charge in [0.15, 0.2) is 0 Å². The Morgan fingerprint density at radius 1 is 1.60 bits per heavy atom. The molecule has 1 heterocycles. The average molecular weight is 213 g/mol. The summed E-state index contributed by atoms with van der Waals surface area (Å²) in [6.07, 6.45) is 1.19. The smallest absolute Gasteiger partial charge is 0.373 e. The van der Waals surface area contributed by atoms with Gasteiger partial charge >= 0.3 is 5.97 Å². The summed E-state index contributed by atoms with van der Waals surface area (Å²) in [4.78, 5) is 21.3. The van der Waals surface area contributed by atoms with Gasteiger partial charge in [-0.15, -0.1) is 0 Å². The molecule has 1 rings (SSSR count). The minimum atomic E-state index is -1.28. The molecule has 1 aromatic rings. The number of hydrogen-bond acceptors (Lipinski definition) is 5. The molecular formula is C9H11NO5. The third-order valence-electron chi connectivity index (χ3n) is 2.15. The number of methoxy groups -OCH3 is 1. The van der Waals surface area contributed by atoms with Crippen LogP contribution >= 0.6 is 0 Å². The molecule has 0 amide bonds. The SMILES string of the molecule is COC(=O)c1cc(C(C)(C)[N+](=O)[O-])co1. The Bertz CT molecular complexity index is 393. The number of nitrogens with zero attached hydrogens (tertiary/aromatic N) is 1. The maximum atomic E-state index is 11.0. The van der Waals surface area contributed by atoms with E-state index in [1.165, 1.54) is 33.3 Å². The summed E-state index contributed by atoms with van der Waals surface area (Å²) in [7, 11) is 1.21. The Balaban J connectivity index is 3.04. The molecule has 0 unspecified atom stereocenters. The number of rotatable bonds is 3. The van der Waals surface area contributed by atoms with Gasteiger partial charge in [-0.05, 0) is 0 Å². The highest BCUT2D eigenvalue weighted by Gasteiger charge is 2.35. The second-order valence-electron chi connectivity index (χ2n) is 3.51. The van der Waals surface area contributed by atoms with Crippen LogP contribution in [0.15, 0.2) is 16.7 Å². The maximum Gasteiger partial charge on any atom is 0.373 e. The number of carbonyl (C=O) groups excluding carboxylic acids is 1. The Hall–Kier alpha value is -1.85. The van der Waals surface area contributed by atoms with Crippen LogP contribution in [0.4, 0.5) is 0 Å². The van der Waals surface area contributed by atoms with Crippen LogP contribution in [-0.2, 0) is 10.3 Å². The summed E-state index contributed by atoms with van der Waals surface area (Å²) in [6, 6.07) is 1.31. The van der Waals surface area contributed by atoms with Crippen LogP contribution in [0.2, 0.25) is 0 Å². The minimum Gasteiger partial charge on any atom is -0.463 e.